The summed E-state index contributed by atoms with van der Waals surface area (Å²) < 4.78 is 7.89. The van der Waals surface area contributed by atoms with E-state index in [0.29, 0.717) is 5.41 Å². The number of hydrogen-bond acceptors (Lipinski definition) is 5. The molecule has 6 heteroatoms. The third kappa shape index (κ3) is 2.25. The Hall–Kier alpha value is -1.14. The standard InChI is InChI=1S/C15H20N4OS/c1-14-3-5-15(6-4-14,8-20-14)9-21-13-11-7-18-19(2)12(11)16-10-17-13/h7,10H,3-6,8-9H2,1-2H3. The van der Waals surface area contributed by atoms with Gasteiger partial charge in [0.2, 0.25) is 0 Å². The van der Waals surface area contributed by atoms with Crippen LogP contribution in [0.5, 0.6) is 0 Å². The fraction of sp³-hybridized carbons (Fsp3) is 0.667. The van der Waals surface area contributed by atoms with Crippen molar-refractivity contribution >= 4 is 22.8 Å². The SMILES string of the molecule is Cn1ncc2c(SCC34CCC(C)(CC3)OC4)ncnc21. The quantitative estimate of drug-likeness (QED) is 0.644. The van der Waals surface area contributed by atoms with Crippen LogP contribution in [0, 0.1) is 5.41 Å². The van der Waals surface area contributed by atoms with Gasteiger partial charge in [-0.2, -0.15) is 5.10 Å². The van der Waals surface area contributed by atoms with Crippen LogP contribution in [0.1, 0.15) is 32.6 Å². The van der Waals surface area contributed by atoms with Crippen molar-refractivity contribution in [2.75, 3.05) is 12.4 Å². The number of ether oxygens (including phenoxy) is 1. The summed E-state index contributed by atoms with van der Waals surface area (Å²) in [6.45, 7) is 3.16. The minimum Gasteiger partial charge on any atom is -0.375 e. The van der Waals surface area contributed by atoms with Crippen LogP contribution >= 0.6 is 11.8 Å². The maximum absolute atomic E-state index is 6.09. The van der Waals surface area contributed by atoms with Crippen molar-refractivity contribution in [2.45, 2.75) is 43.2 Å². The van der Waals surface area contributed by atoms with Gasteiger partial charge in [-0.1, -0.05) is 0 Å². The van der Waals surface area contributed by atoms with E-state index in [1.807, 2.05) is 25.0 Å². The van der Waals surface area contributed by atoms with Crippen LogP contribution in [0.3, 0.4) is 0 Å². The molecule has 112 valence electrons. The summed E-state index contributed by atoms with van der Waals surface area (Å²) in [5, 5.41) is 6.38. The van der Waals surface area contributed by atoms with Gasteiger partial charge in [-0.3, -0.25) is 4.68 Å². The predicted octanol–water partition coefficient (Wildman–Crippen LogP) is 2.80. The van der Waals surface area contributed by atoms with Crippen LogP contribution in [-0.4, -0.2) is 37.7 Å². The zero-order valence-corrected chi connectivity index (χ0v) is 13.3. The van der Waals surface area contributed by atoms with E-state index in [-0.39, 0.29) is 5.60 Å². The molecule has 5 rings (SSSR count). The van der Waals surface area contributed by atoms with Gasteiger partial charge in [0.25, 0.3) is 0 Å². The summed E-state index contributed by atoms with van der Waals surface area (Å²) in [6.07, 6.45) is 8.44. The van der Waals surface area contributed by atoms with Gasteiger partial charge in [0.1, 0.15) is 11.4 Å². The van der Waals surface area contributed by atoms with Crippen molar-refractivity contribution < 1.29 is 4.74 Å². The summed E-state index contributed by atoms with van der Waals surface area (Å²) in [6, 6.07) is 0. The average molecular weight is 304 g/mol. The Kier molecular flexibility index (Phi) is 3.01. The fourth-order valence-electron chi connectivity index (χ4n) is 3.39. The van der Waals surface area contributed by atoms with Gasteiger partial charge < -0.3 is 4.74 Å². The Balaban J connectivity index is 1.54. The van der Waals surface area contributed by atoms with Crippen LogP contribution in [0.25, 0.3) is 11.0 Å². The van der Waals surface area contributed by atoms with E-state index in [1.54, 1.807) is 11.0 Å². The highest BCUT2D eigenvalue weighted by atomic mass is 32.2. The highest BCUT2D eigenvalue weighted by Crippen LogP contribution is 2.50. The minimum absolute atomic E-state index is 0.151. The molecule has 3 aliphatic rings. The summed E-state index contributed by atoms with van der Waals surface area (Å²) in [5.41, 5.74) is 1.39. The molecule has 2 aromatic rings. The van der Waals surface area contributed by atoms with Crippen molar-refractivity contribution in [3.63, 3.8) is 0 Å². The molecule has 0 spiro atoms. The summed E-state index contributed by atoms with van der Waals surface area (Å²) in [5.74, 6) is 1.07. The number of aromatic nitrogens is 4. The molecule has 1 aliphatic carbocycles. The maximum Gasteiger partial charge on any atom is 0.162 e. The Bertz CT molecular complexity index is 659. The molecule has 2 bridgehead atoms. The topological polar surface area (TPSA) is 52.8 Å². The predicted molar refractivity (Wildman–Crippen MR) is 82.3 cm³/mol. The van der Waals surface area contributed by atoms with E-state index < -0.39 is 0 Å². The molecule has 0 radical (unpaired) electrons. The lowest BCUT2D eigenvalue weighted by atomic mass is 9.68. The zero-order chi connectivity index (χ0) is 14.5. The van der Waals surface area contributed by atoms with E-state index in [1.165, 1.54) is 25.7 Å². The van der Waals surface area contributed by atoms with E-state index >= 15 is 0 Å². The molecule has 2 saturated heterocycles. The van der Waals surface area contributed by atoms with E-state index in [4.69, 9.17) is 4.74 Å². The van der Waals surface area contributed by atoms with Gasteiger partial charge in [-0.15, -0.1) is 11.8 Å². The first-order valence-electron chi connectivity index (χ1n) is 7.49. The lowest BCUT2D eigenvalue weighted by molar-refractivity contribution is -0.165. The van der Waals surface area contributed by atoms with Crippen molar-refractivity contribution in [2.24, 2.45) is 12.5 Å². The molecule has 4 heterocycles. The Morgan fingerprint density at radius 3 is 2.81 bits per heavy atom. The highest BCUT2D eigenvalue weighted by Gasteiger charge is 2.47. The summed E-state index contributed by atoms with van der Waals surface area (Å²) in [7, 11) is 1.92. The van der Waals surface area contributed by atoms with Crippen LogP contribution < -0.4 is 0 Å². The molecule has 0 aromatic carbocycles. The van der Waals surface area contributed by atoms with Crippen molar-refractivity contribution in [1.29, 1.82) is 0 Å². The Labute approximate surface area is 128 Å². The van der Waals surface area contributed by atoms with Crippen LogP contribution in [-0.2, 0) is 11.8 Å². The summed E-state index contributed by atoms with van der Waals surface area (Å²) >= 11 is 1.83. The van der Waals surface area contributed by atoms with Crippen molar-refractivity contribution in [3.8, 4) is 0 Å². The molecule has 21 heavy (non-hydrogen) atoms. The maximum atomic E-state index is 6.09. The first-order valence-corrected chi connectivity index (χ1v) is 8.47. The molecule has 0 amide bonds. The highest BCUT2D eigenvalue weighted by molar-refractivity contribution is 7.99. The second kappa shape index (κ2) is 4.68. The second-order valence-electron chi connectivity index (χ2n) is 6.71. The molecule has 2 aromatic heterocycles. The third-order valence-electron chi connectivity index (χ3n) is 5.10. The number of aryl methyl sites for hydroxylation is 1. The van der Waals surface area contributed by atoms with Crippen molar-refractivity contribution in [3.05, 3.63) is 12.5 Å². The molecule has 0 unspecified atom stereocenters. The molecule has 1 saturated carbocycles. The number of thioether (sulfide) groups is 1. The number of nitrogens with zero attached hydrogens (tertiary/aromatic N) is 4. The molecule has 0 N–H and O–H groups in total. The van der Waals surface area contributed by atoms with Crippen LogP contribution in [0.15, 0.2) is 17.6 Å². The van der Waals surface area contributed by atoms with E-state index in [0.717, 1.165) is 28.4 Å². The van der Waals surface area contributed by atoms with Crippen LogP contribution in [0.2, 0.25) is 0 Å². The van der Waals surface area contributed by atoms with Gasteiger partial charge in [-0.25, -0.2) is 9.97 Å². The first-order chi connectivity index (χ1) is 10.1. The largest absolute Gasteiger partial charge is 0.375 e. The molecular formula is C15H20N4OS. The minimum atomic E-state index is 0.151. The number of rotatable bonds is 3. The lowest BCUT2D eigenvalue weighted by Crippen LogP contribution is -2.50. The average Bonchev–Trinajstić information content (AvgIpc) is 2.89. The van der Waals surface area contributed by atoms with Gasteiger partial charge in [0.15, 0.2) is 5.65 Å². The van der Waals surface area contributed by atoms with Gasteiger partial charge in [0, 0.05) is 18.2 Å². The number of fused-ring (bicyclic) bond motifs is 4. The zero-order valence-electron chi connectivity index (χ0n) is 12.5. The molecule has 5 nitrogen and oxygen atoms in total. The molecular weight excluding hydrogens is 284 g/mol. The van der Waals surface area contributed by atoms with Gasteiger partial charge in [-0.05, 0) is 32.6 Å². The monoisotopic (exact) mass is 304 g/mol. The Morgan fingerprint density at radius 1 is 1.29 bits per heavy atom. The molecule has 2 aliphatic heterocycles. The number of hydrogen-bond donors (Lipinski definition) is 0. The normalized spacial score (nSPS) is 31.9. The van der Waals surface area contributed by atoms with Crippen molar-refractivity contribution in [1.82, 2.24) is 19.7 Å². The molecule has 3 fully saturated rings. The first kappa shape index (κ1) is 13.5. The van der Waals surface area contributed by atoms with Crippen LogP contribution in [0.4, 0.5) is 0 Å². The van der Waals surface area contributed by atoms with Gasteiger partial charge in [0.05, 0.1) is 23.8 Å². The smallest absolute Gasteiger partial charge is 0.162 e. The van der Waals surface area contributed by atoms with E-state index in [2.05, 4.69) is 22.0 Å². The molecule has 0 atom stereocenters. The van der Waals surface area contributed by atoms with Gasteiger partial charge >= 0.3 is 0 Å². The fourth-order valence-corrected chi connectivity index (χ4v) is 4.62. The lowest BCUT2D eigenvalue weighted by Gasteiger charge is -2.51. The second-order valence-corrected chi connectivity index (χ2v) is 7.68. The Morgan fingerprint density at radius 2 is 2.10 bits per heavy atom. The van der Waals surface area contributed by atoms with E-state index in [9.17, 15) is 0 Å². The third-order valence-corrected chi connectivity index (χ3v) is 6.46. The summed E-state index contributed by atoms with van der Waals surface area (Å²) in [4.78, 5) is 8.76.